The zero-order valence-corrected chi connectivity index (χ0v) is 9.08. The molecular formula is C13H14FNO. The molecular weight excluding hydrogens is 205 g/mol. The molecule has 0 amide bonds. The van der Waals surface area contributed by atoms with Crippen molar-refractivity contribution in [1.29, 1.82) is 0 Å². The van der Waals surface area contributed by atoms with Gasteiger partial charge in [-0.15, -0.1) is 0 Å². The number of aliphatic imine (C=N–C) groups is 1. The van der Waals surface area contributed by atoms with Crippen LogP contribution in [0.2, 0.25) is 0 Å². The zero-order chi connectivity index (χ0) is 11.4. The van der Waals surface area contributed by atoms with E-state index < -0.39 is 5.54 Å². The highest BCUT2D eigenvalue weighted by atomic mass is 19.1. The smallest absolute Gasteiger partial charge is 0.211 e. The Labute approximate surface area is 94.2 Å². The number of carbonyl (C=O) groups excluding carboxylic acids is 1. The number of halogens is 1. The summed E-state index contributed by atoms with van der Waals surface area (Å²) in [5.74, 6) is -0.274. The Bertz CT molecular complexity index is 418. The third-order valence-electron chi connectivity index (χ3n) is 3.30. The minimum absolute atomic E-state index is 0.274. The lowest BCUT2D eigenvalue weighted by molar-refractivity contribution is 0.303. The van der Waals surface area contributed by atoms with E-state index in [1.807, 2.05) is 6.07 Å². The van der Waals surface area contributed by atoms with E-state index in [1.54, 1.807) is 12.1 Å². The molecule has 16 heavy (non-hydrogen) atoms. The van der Waals surface area contributed by atoms with Gasteiger partial charge in [-0.05, 0) is 30.5 Å². The van der Waals surface area contributed by atoms with Crippen molar-refractivity contribution in [3.8, 4) is 0 Å². The fourth-order valence-electron chi connectivity index (χ4n) is 2.47. The van der Waals surface area contributed by atoms with Gasteiger partial charge in [0.15, 0.2) is 0 Å². The normalized spacial score (nSPS) is 18.8. The summed E-state index contributed by atoms with van der Waals surface area (Å²) in [5, 5.41) is 0. The Kier molecular flexibility index (Phi) is 3.16. The minimum Gasteiger partial charge on any atom is -0.211 e. The average Bonchev–Trinajstić information content (AvgIpc) is 2.31. The van der Waals surface area contributed by atoms with E-state index in [1.165, 1.54) is 12.1 Å². The molecule has 1 aliphatic rings. The Morgan fingerprint density at radius 2 is 2.00 bits per heavy atom. The number of nitrogens with zero attached hydrogens (tertiary/aromatic N) is 1. The van der Waals surface area contributed by atoms with Crippen LogP contribution >= 0.6 is 0 Å². The lowest BCUT2D eigenvalue weighted by atomic mass is 9.77. The minimum atomic E-state index is -0.526. The average molecular weight is 219 g/mol. The molecule has 3 heteroatoms. The van der Waals surface area contributed by atoms with Gasteiger partial charge in [0, 0.05) is 0 Å². The summed E-state index contributed by atoms with van der Waals surface area (Å²) < 4.78 is 13.2. The molecule has 0 aliphatic heterocycles. The van der Waals surface area contributed by atoms with E-state index in [4.69, 9.17) is 0 Å². The second-order valence-corrected chi connectivity index (χ2v) is 4.31. The van der Waals surface area contributed by atoms with Gasteiger partial charge >= 0.3 is 0 Å². The molecule has 1 aliphatic carbocycles. The predicted molar refractivity (Wildman–Crippen MR) is 59.3 cm³/mol. The highest BCUT2D eigenvalue weighted by Gasteiger charge is 2.33. The van der Waals surface area contributed by atoms with Gasteiger partial charge in [-0.1, -0.05) is 31.4 Å². The first-order chi connectivity index (χ1) is 7.77. The Balaban J connectivity index is 2.42. The third-order valence-corrected chi connectivity index (χ3v) is 3.30. The monoisotopic (exact) mass is 219 g/mol. The van der Waals surface area contributed by atoms with Gasteiger partial charge in [-0.3, -0.25) is 0 Å². The fraction of sp³-hybridized carbons (Fsp3) is 0.462. The molecule has 1 saturated carbocycles. The molecule has 1 aromatic carbocycles. The van der Waals surface area contributed by atoms with Gasteiger partial charge < -0.3 is 0 Å². The van der Waals surface area contributed by atoms with Crippen molar-refractivity contribution in [3.63, 3.8) is 0 Å². The van der Waals surface area contributed by atoms with Crippen LogP contribution < -0.4 is 0 Å². The maximum absolute atomic E-state index is 13.2. The summed E-state index contributed by atoms with van der Waals surface area (Å²) in [6.07, 6.45) is 6.49. The molecule has 0 unspecified atom stereocenters. The molecule has 1 fully saturated rings. The zero-order valence-electron chi connectivity index (χ0n) is 9.08. The van der Waals surface area contributed by atoms with E-state index in [-0.39, 0.29) is 5.82 Å². The topological polar surface area (TPSA) is 29.4 Å². The molecule has 0 radical (unpaired) electrons. The van der Waals surface area contributed by atoms with Crippen LogP contribution in [0.3, 0.4) is 0 Å². The van der Waals surface area contributed by atoms with E-state index in [9.17, 15) is 9.18 Å². The standard InChI is InChI=1S/C13H14FNO/c14-12-6-4-5-11(9-12)13(15-10-16)7-2-1-3-8-13/h4-6,9H,1-3,7-8H2. The summed E-state index contributed by atoms with van der Waals surface area (Å²) in [6.45, 7) is 0. The number of hydrogen-bond acceptors (Lipinski definition) is 2. The van der Waals surface area contributed by atoms with Crippen molar-refractivity contribution in [2.75, 3.05) is 0 Å². The van der Waals surface area contributed by atoms with Crippen LogP contribution in [0.1, 0.15) is 37.7 Å². The lowest BCUT2D eigenvalue weighted by Crippen LogP contribution is -2.26. The van der Waals surface area contributed by atoms with Crippen LogP contribution in [0.5, 0.6) is 0 Å². The third kappa shape index (κ3) is 2.05. The fourth-order valence-corrected chi connectivity index (χ4v) is 2.47. The van der Waals surface area contributed by atoms with Crippen molar-refractivity contribution in [2.24, 2.45) is 4.99 Å². The van der Waals surface area contributed by atoms with E-state index in [0.29, 0.717) is 0 Å². The molecule has 1 aromatic rings. The first-order valence-electron chi connectivity index (χ1n) is 5.62. The van der Waals surface area contributed by atoms with Crippen LogP contribution in [0, 0.1) is 5.82 Å². The van der Waals surface area contributed by atoms with Gasteiger partial charge in [0.25, 0.3) is 0 Å². The molecule has 0 N–H and O–H groups in total. The molecule has 2 nitrogen and oxygen atoms in total. The SMILES string of the molecule is O=C=NC1(c2cccc(F)c2)CCCCC1. The second kappa shape index (κ2) is 4.58. The van der Waals surface area contributed by atoms with Crippen molar-refractivity contribution < 1.29 is 9.18 Å². The maximum atomic E-state index is 13.2. The highest BCUT2D eigenvalue weighted by Crippen LogP contribution is 2.40. The maximum Gasteiger partial charge on any atom is 0.235 e. The van der Waals surface area contributed by atoms with E-state index in [2.05, 4.69) is 4.99 Å². The number of benzene rings is 1. The van der Waals surface area contributed by atoms with Crippen LogP contribution in [0.25, 0.3) is 0 Å². The van der Waals surface area contributed by atoms with Crippen molar-refractivity contribution in [3.05, 3.63) is 35.6 Å². The van der Waals surface area contributed by atoms with Crippen LogP contribution in [0.15, 0.2) is 29.3 Å². The number of hydrogen-bond donors (Lipinski definition) is 0. The summed E-state index contributed by atoms with van der Waals surface area (Å²) in [7, 11) is 0. The largest absolute Gasteiger partial charge is 0.235 e. The predicted octanol–water partition coefficient (Wildman–Crippen LogP) is 3.32. The van der Waals surface area contributed by atoms with Crippen LogP contribution in [0.4, 0.5) is 4.39 Å². The van der Waals surface area contributed by atoms with Gasteiger partial charge in [0.1, 0.15) is 5.82 Å². The van der Waals surface area contributed by atoms with Gasteiger partial charge in [-0.25, -0.2) is 9.18 Å². The molecule has 0 spiro atoms. The molecule has 0 heterocycles. The number of isocyanates is 1. The Morgan fingerprint density at radius 1 is 1.25 bits per heavy atom. The molecule has 0 aromatic heterocycles. The summed E-state index contributed by atoms with van der Waals surface area (Å²) >= 11 is 0. The molecule has 0 bridgehead atoms. The van der Waals surface area contributed by atoms with E-state index >= 15 is 0 Å². The molecule has 84 valence electrons. The Morgan fingerprint density at radius 3 is 2.62 bits per heavy atom. The second-order valence-electron chi connectivity index (χ2n) is 4.31. The molecule has 0 saturated heterocycles. The first-order valence-corrected chi connectivity index (χ1v) is 5.62. The van der Waals surface area contributed by atoms with Gasteiger partial charge in [0.2, 0.25) is 6.08 Å². The van der Waals surface area contributed by atoms with Crippen molar-refractivity contribution in [1.82, 2.24) is 0 Å². The summed E-state index contributed by atoms with van der Waals surface area (Å²) in [6, 6.07) is 6.40. The van der Waals surface area contributed by atoms with Crippen LogP contribution in [-0.2, 0) is 10.3 Å². The quantitative estimate of drug-likeness (QED) is 0.554. The van der Waals surface area contributed by atoms with Crippen molar-refractivity contribution in [2.45, 2.75) is 37.6 Å². The van der Waals surface area contributed by atoms with Crippen LogP contribution in [-0.4, -0.2) is 6.08 Å². The summed E-state index contributed by atoms with van der Waals surface area (Å²) in [5.41, 5.74) is 0.276. The first kappa shape index (κ1) is 11.0. The van der Waals surface area contributed by atoms with Gasteiger partial charge in [0.05, 0.1) is 5.54 Å². The molecule has 2 rings (SSSR count). The molecule has 0 atom stereocenters. The lowest BCUT2D eigenvalue weighted by Gasteiger charge is -2.32. The highest BCUT2D eigenvalue weighted by molar-refractivity contribution is 5.38. The number of rotatable bonds is 2. The summed E-state index contributed by atoms with van der Waals surface area (Å²) in [4.78, 5) is 14.5. The van der Waals surface area contributed by atoms with Crippen molar-refractivity contribution >= 4 is 6.08 Å². The van der Waals surface area contributed by atoms with Gasteiger partial charge in [-0.2, -0.15) is 4.99 Å². The van der Waals surface area contributed by atoms with E-state index in [0.717, 1.165) is 37.7 Å². The Hall–Kier alpha value is -1.47.